The number of benzene rings is 2. The van der Waals surface area contributed by atoms with E-state index >= 15 is 0 Å². The summed E-state index contributed by atoms with van der Waals surface area (Å²) >= 11 is 2.15. The topological polar surface area (TPSA) is 70.9 Å². The van der Waals surface area contributed by atoms with E-state index in [0.717, 1.165) is 25.7 Å². The maximum absolute atomic E-state index is 9.63. The molecule has 1 N–H and O–H groups in total. The van der Waals surface area contributed by atoms with Gasteiger partial charge in [0, 0.05) is 0 Å². The van der Waals surface area contributed by atoms with Gasteiger partial charge >= 0.3 is 0 Å². The number of methoxy groups -OCH3 is 1. The van der Waals surface area contributed by atoms with Crippen molar-refractivity contribution >= 4 is 45.3 Å². The first-order valence-corrected chi connectivity index (χ1v) is 9.16. The Morgan fingerprint density at radius 1 is 1.37 bits per heavy atom. The highest BCUT2D eigenvalue weighted by Gasteiger charge is 2.13. The van der Waals surface area contributed by atoms with Crippen molar-refractivity contribution in [1.82, 2.24) is 9.97 Å². The molecule has 5 nitrogen and oxygen atoms in total. The van der Waals surface area contributed by atoms with Gasteiger partial charge in [-0.15, -0.1) is 6.42 Å². The van der Waals surface area contributed by atoms with Crippen LogP contribution in [0.2, 0.25) is 0 Å². The number of aromatic nitrogens is 2. The van der Waals surface area contributed by atoms with Gasteiger partial charge in [0.05, 0.1) is 27.3 Å². The molecular weight excluding hydrogens is 453 g/mol. The third-order valence-electron chi connectivity index (χ3n) is 3.88. The Morgan fingerprint density at radius 3 is 2.89 bits per heavy atom. The molecule has 0 radical (unpaired) electrons. The Morgan fingerprint density at radius 2 is 2.19 bits per heavy atom. The van der Waals surface area contributed by atoms with Crippen LogP contribution in [0.4, 0.5) is 0 Å². The lowest BCUT2D eigenvalue weighted by molar-refractivity contribution is 0.328. The molecule has 0 spiro atoms. The zero-order valence-corrected chi connectivity index (χ0v) is 17.0. The van der Waals surface area contributed by atoms with Crippen molar-refractivity contribution in [2.45, 2.75) is 6.92 Å². The van der Waals surface area contributed by atoms with Crippen molar-refractivity contribution in [3.05, 3.63) is 50.9 Å². The molecule has 1 heterocycles. The summed E-state index contributed by atoms with van der Waals surface area (Å²) in [5.41, 5.74) is 4.08. The summed E-state index contributed by atoms with van der Waals surface area (Å²) in [7, 11) is 1.56. The molecule has 0 amide bonds. The van der Waals surface area contributed by atoms with Crippen LogP contribution in [0.5, 0.6) is 11.5 Å². The summed E-state index contributed by atoms with van der Waals surface area (Å²) in [6.07, 6.45) is 7.03. The maximum Gasteiger partial charge on any atom is 0.175 e. The zero-order valence-electron chi connectivity index (χ0n) is 14.8. The summed E-state index contributed by atoms with van der Waals surface area (Å²) in [5.74, 6) is 4.11. The fourth-order valence-corrected chi connectivity index (χ4v) is 3.43. The minimum atomic E-state index is 0.156. The van der Waals surface area contributed by atoms with Crippen LogP contribution in [0, 0.1) is 34.2 Å². The number of imidazole rings is 1. The van der Waals surface area contributed by atoms with Crippen LogP contribution in [0.1, 0.15) is 17.0 Å². The van der Waals surface area contributed by atoms with Crippen molar-refractivity contribution in [3.8, 4) is 29.9 Å². The number of nitrogens with one attached hydrogen (secondary N) is 1. The van der Waals surface area contributed by atoms with Crippen molar-refractivity contribution in [2.24, 2.45) is 0 Å². The molecule has 1 aromatic heterocycles. The molecule has 134 valence electrons. The number of H-pyrrole nitrogens is 1. The van der Waals surface area contributed by atoms with Crippen LogP contribution >= 0.6 is 22.6 Å². The van der Waals surface area contributed by atoms with Crippen LogP contribution in [0.25, 0.3) is 22.7 Å². The van der Waals surface area contributed by atoms with E-state index in [2.05, 4.69) is 44.5 Å². The van der Waals surface area contributed by atoms with Crippen LogP contribution < -0.4 is 9.47 Å². The van der Waals surface area contributed by atoms with Gasteiger partial charge in [-0.2, -0.15) is 5.26 Å². The number of hydrogen-bond donors (Lipinski definition) is 1. The van der Waals surface area contributed by atoms with Gasteiger partial charge < -0.3 is 14.5 Å². The molecule has 0 saturated heterocycles. The molecule has 0 atom stereocenters. The number of fused-ring (bicyclic) bond motifs is 1. The summed E-state index contributed by atoms with van der Waals surface area (Å²) < 4.78 is 11.8. The maximum atomic E-state index is 9.63. The van der Waals surface area contributed by atoms with Crippen LogP contribution in [0.3, 0.4) is 0 Å². The van der Waals surface area contributed by atoms with Crippen molar-refractivity contribution in [2.75, 3.05) is 13.7 Å². The smallest absolute Gasteiger partial charge is 0.175 e. The Labute approximate surface area is 171 Å². The summed E-state index contributed by atoms with van der Waals surface area (Å²) in [5, 5.41) is 9.63. The SMILES string of the molecule is C#CCOc1c(I)cc(C=C(C#N)c2nc3ccc(C)cc3[nH]2)cc1OC. The summed E-state index contributed by atoms with van der Waals surface area (Å²) in [4.78, 5) is 7.73. The van der Waals surface area contributed by atoms with Crippen molar-refractivity contribution < 1.29 is 9.47 Å². The largest absolute Gasteiger partial charge is 0.493 e. The molecule has 0 fully saturated rings. The number of rotatable bonds is 5. The average molecular weight is 469 g/mol. The van der Waals surface area contributed by atoms with Crippen LogP contribution in [-0.2, 0) is 0 Å². The lowest BCUT2D eigenvalue weighted by atomic mass is 10.1. The van der Waals surface area contributed by atoms with Gasteiger partial charge in [-0.3, -0.25) is 0 Å². The second kappa shape index (κ2) is 8.15. The van der Waals surface area contributed by atoms with Gasteiger partial charge in [0.1, 0.15) is 18.5 Å². The van der Waals surface area contributed by atoms with Crippen LogP contribution in [-0.4, -0.2) is 23.7 Å². The van der Waals surface area contributed by atoms with Crippen LogP contribution in [0.15, 0.2) is 30.3 Å². The van der Waals surface area contributed by atoms with Gasteiger partial charge in [-0.1, -0.05) is 12.0 Å². The van der Waals surface area contributed by atoms with Gasteiger partial charge in [0.15, 0.2) is 11.5 Å². The number of aryl methyl sites for hydroxylation is 1. The van der Waals surface area contributed by atoms with E-state index in [9.17, 15) is 5.26 Å². The second-order valence-corrected chi connectivity index (χ2v) is 6.96. The van der Waals surface area contributed by atoms with E-state index in [-0.39, 0.29) is 6.61 Å². The highest BCUT2D eigenvalue weighted by molar-refractivity contribution is 14.1. The normalized spacial score (nSPS) is 11.1. The first kappa shape index (κ1) is 18.8. The number of allylic oxidation sites excluding steroid dienone is 1. The molecule has 2 aromatic carbocycles. The Hall–Kier alpha value is -2.97. The summed E-state index contributed by atoms with van der Waals surface area (Å²) in [6.45, 7) is 2.17. The van der Waals surface area contributed by atoms with Crippen molar-refractivity contribution in [1.29, 1.82) is 5.26 Å². The number of nitriles is 1. The van der Waals surface area contributed by atoms with Gasteiger partial charge in [0.2, 0.25) is 0 Å². The lowest BCUT2D eigenvalue weighted by Crippen LogP contribution is -1.99. The lowest BCUT2D eigenvalue weighted by Gasteiger charge is -2.12. The quantitative estimate of drug-likeness (QED) is 0.338. The van der Waals surface area contributed by atoms with Gasteiger partial charge in [-0.05, 0) is 71.0 Å². The molecule has 3 rings (SSSR count). The Kier molecular flexibility index (Phi) is 5.68. The molecule has 27 heavy (non-hydrogen) atoms. The molecule has 0 aliphatic rings. The highest BCUT2D eigenvalue weighted by atomic mass is 127. The third kappa shape index (κ3) is 4.07. The van der Waals surface area contributed by atoms with Crippen molar-refractivity contribution in [3.63, 3.8) is 0 Å². The number of terminal acetylenes is 1. The third-order valence-corrected chi connectivity index (χ3v) is 4.68. The molecule has 0 saturated carbocycles. The van der Waals surface area contributed by atoms with E-state index in [0.29, 0.717) is 22.9 Å². The second-order valence-electron chi connectivity index (χ2n) is 5.80. The highest BCUT2D eigenvalue weighted by Crippen LogP contribution is 2.35. The zero-order chi connectivity index (χ0) is 19.4. The minimum absolute atomic E-state index is 0.156. The molecule has 6 heteroatoms. The fourth-order valence-electron chi connectivity index (χ4n) is 2.65. The number of halogens is 1. The van der Waals surface area contributed by atoms with Gasteiger partial charge in [-0.25, -0.2) is 4.98 Å². The molecule has 0 bridgehead atoms. The van der Waals surface area contributed by atoms with E-state index in [1.54, 1.807) is 19.3 Å². The number of aromatic amines is 1. The van der Waals surface area contributed by atoms with E-state index < -0.39 is 0 Å². The number of hydrogen-bond acceptors (Lipinski definition) is 4. The van der Waals surface area contributed by atoms with E-state index in [4.69, 9.17) is 15.9 Å². The number of ether oxygens (including phenoxy) is 2. The first-order chi connectivity index (χ1) is 13.0. The standard InChI is InChI=1S/C21H16IN3O2/c1-4-7-27-20-16(22)10-14(11-19(20)26-3)9-15(12-23)21-24-17-6-5-13(2)8-18(17)25-21/h1,5-6,8-11H,7H2,2-3H3,(H,24,25). The summed E-state index contributed by atoms with van der Waals surface area (Å²) in [6, 6.07) is 11.8. The average Bonchev–Trinajstić information content (AvgIpc) is 3.07. The predicted molar refractivity (Wildman–Crippen MR) is 114 cm³/mol. The molecule has 0 unspecified atom stereocenters. The molecule has 0 aliphatic carbocycles. The number of nitrogens with zero attached hydrogens (tertiary/aromatic N) is 2. The van der Waals surface area contributed by atoms with Gasteiger partial charge in [0.25, 0.3) is 0 Å². The predicted octanol–water partition coefficient (Wildman–Crippen LogP) is 4.56. The van der Waals surface area contributed by atoms with E-state index in [1.807, 2.05) is 31.2 Å². The molecule has 3 aromatic rings. The monoisotopic (exact) mass is 469 g/mol. The Bertz CT molecular complexity index is 1120. The molecule has 0 aliphatic heterocycles. The van der Waals surface area contributed by atoms with E-state index in [1.165, 1.54) is 0 Å². The molecular formula is C21H16IN3O2. The fraction of sp³-hybridized carbons (Fsp3) is 0.143. The minimum Gasteiger partial charge on any atom is -0.493 e. The Balaban J connectivity index is 2.03. The first-order valence-electron chi connectivity index (χ1n) is 8.08.